The molecule has 6 nitrogen and oxygen atoms in total. The number of amides is 1. The lowest BCUT2D eigenvalue weighted by Gasteiger charge is -2.40. The van der Waals surface area contributed by atoms with Gasteiger partial charge in [0.15, 0.2) is 0 Å². The summed E-state index contributed by atoms with van der Waals surface area (Å²) in [4.78, 5) is 16.8. The van der Waals surface area contributed by atoms with E-state index < -0.39 is 0 Å². The van der Waals surface area contributed by atoms with E-state index >= 15 is 0 Å². The summed E-state index contributed by atoms with van der Waals surface area (Å²) in [6.07, 6.45) is 8.57. The summed E-state index contributed by atoms with van der Waals surface area (Å²) in [6, 6.07) is 4.49. The molecule has 1 aromatic heterocycles. The normalized spacial score (nSPS) is 24.0. The van der Waals surface area contributed by atoms with E-state index in [1.807, 2.05) is 11.0 Å². The molecule has 2 saturated carbocycles. The van der Waals surface area contributed by atoms with Crippen LogP contribution in [0, 0.1) is 17.2 Å². The zero-order valence-corrected chi connectivity index (χ0v) is 14.8. The van der Waals surface area contributed by atoms with Gasteiger partial charge in [0.1, 0.15) is 11.7 Å². The minimum Gasteiger partial charge on any atom is -0.335 e. The Morgan fingerprint density at radius 3 is 2.52 bits per heavy atom. The lowest BCUT2D eigenvalue weighted by Crippen LogP contribution is -2.53. The second-order valence-corrected chi connectivity index (χ2v) is 7.78. The number of rotatable bonds is 4. The third-order valence-corrected chi connectivity index (χ3v) is 6.06. The van der Waals surface area contributed by atoms with Crippen molar-refractivity contribution in [3.05, 3.63) is 17.5 Å². The summed E-state index contributed by atoms with van der Waals surface area (Å²) in [5.74, 6) is 1.11. The van der Waals surface area contributed by atoms with Crippen molar-refractivity contribution in [1.29, 1.82) is 5.26 Å². The number of nitriles is 1. The highest BCUT2D eigenvalue weighted by atomic mass is 16.2. The lowest BCUT2D eigenvalue weighted by atomic mass is 9.83. The van der Waals surface area contributed by atoms with Crippen molar-refractivity contribution >= 4 is 5.91 Å². The van der Waals surface area contributed by atoms with E-state index in [1.54, 1.807) is 0 Å². The van der Waals surface area contributed by atoms with E-state index in [1.165, 1.54) is 44.9 Å². The molecule has 0 unspecified atom stereocenters. The average Bonchev–Trinajstić information content (AvgIpc) is 3.40. The fourth-order valence-corrected chi connectivity index (χ4v) is 4.35. The second-order valence-electron chi connectivity index (χ2n) is 7.78. The molecule has 0 radical (unpaired) electrons. The molecule has 1 atom stereocenters. The van der Waals surface area contributed by atoms with Crippen LogP contribution in [0.4, 0.5) is 0 Å². The minimum atomic E-state index is 0.0180. The number of aromatic amines is 1. The number of hydrogen-bond acceptors (Lipinski definition) is 4. The number of nitrogens with zero attached hydrogens (tertiary/aromatic N) is 4. The van der Waals surface area contributed by atoms with Gasteiger partial charge < -0.3 is 4.90 Å². The molecular weight excluding hydrogens is 314 g/mol. The van der Waals surface area contributed by atoms with Gasteiger partial charge in [-0.25, -0.2) is 0 Å². The Kier molecular flexibility index (Phi) is 4.76. The van der Waals surface area contributed by atoms with Crippen LogP contribution < -0.4 is 0 Å². The quantitative estimate of drug-likeness (QED) is 0.913. The number of hydrogen-bond donors (Lipinski definition) is 1. The molecule has 6 heteroatoms. The van der Waals surface area contributed by atoms with Crippen LogP contribution in [0.3, 0.4) is 0 Å². The first-order chi connectivity index (χ1) is 12.3. The maximum atomic E-state index is 12.7. The molecule has 1 aliphatic heterocycles. The molecule has 134 valence electrons. The van der Waals surface area contributed by atoms with Gasteiger partial charge in [0.25, 0.3) is 5.91 Å². The smallest absolute Gasteiger partial charge is 0.274 e. The van der Waals surface area contributed by atoms with Crippen molar-refractivity contribution in [1.82, 2.24) is 20.0 Å². The third-order valence-electron chi connectivity index (χ3n) is 6.06. The van der Waals surface area contributed by atoms with E-state index in [0.717, 1.165) is 18.8 Å². The van der Waals surface area contributed by atoms with E-state index in [0.29, 0.717) is 30.6 Å². The number of nitrogens with one attached hydrogen (secondary N) is 1. The lowest BCUT2D eigenvalue weighted by molar-refractivity contribution is 0.0533. The van der Waals surface area contributed by atoms with Crippen LogP contribution in [0.15, 0.2) is 6.07 Å². The first kappa shape index (κ1) is 16.6. The molecule has 3 fully saturated rings. The molecule has 0 bridgehead atoms. The summed E-state index contributed by atoms with van der Waals surface area (Å²) in [7, 11) is 0. The van der Waals surface area contributed by atoms with Crippen LogP contribution in [0.25, 0.3) is 0 Å². The van der Waals surface area contributed by atoms with Crippen molar-refractivity contribution in [2.45, 2.75) is 56.9 Å². The van der Waals surface area contributed by atoms with E-state index in [4.69, 9.17) is 0 Å². The van der Waals surface area contributed by atoms with Gasteiger partial charge in [-0.3, -0.25) is 14.8 Å². The van der Waals surface area contributed by atoms with E-state index in [-0.39, 0.29) is 11.9 Å². The van der Waals surface area contributed by atoms with Gasteiger partial charge in [0.05, 0.1) is 6.07 Å². The Morgan fingerprint density at radius 2 is 1.88 bits per heavy atom. The van der Waals surface area contributed by atoms with Gasteiger partial charge >= 0.3 is 0 Å². The maximum Gasteiger partial charge on any atom is 0.274 e. The molecule has 1 N–H and O–H groups in total. The molecule has 0 spiro atoms. The van der Waals surface area contributed by atoms with Crippen LogP contribution in [-0.2, 0) is 0 Å². The highest BCUT2D eigenvalue weighted by Gasteiger charge is 2.33. The van der Waals surface area contributed by atoms with Crippen LogP contribution in [0.1, 0.15) is 67.0 Å². The molecule has 2 aliphatic carbocycles. The SMILES string of the molecule is N#C[C@@H](C1CCCCC1)N1CCN(C(=O)c2cc(C3CC3)[nH]n2)CC1. The van der Waals surface area contributed by atoms with Gasteiger partial charge in [0.2, 0.25) is 0 Å². The highest BCUT2D eigenvalue weighted by Crippen LogP contribution is 2.39. The van der Waals surface area contributed by atoms with Gasteiger partial charge in [0, 0.05) is 37.8 Å². The maximum absolute atomic E-state index is 12.7. The van der Waals surface area contributed by atoms with Crippen LogP contribution in [0.2, 0.25) is 0 Å². The molecule has 1 aromatic rings. The first-order valence-electron chi connectivity index (χ1n) is 9.74. The van der Waals surface area contributed by atoms with Crippen molar-refractivity contribution in [3.63, 3.8) is 0 Å². The Labute approximate surface area is 149 Å². The second kappa shape index (κ2) is 7.17. The zero-order valence-electron chi connectivity index (χ0n) is 14.8. The topological polar surface area (TPSA) is 76.0 Å². The van der Waals surface area contributed by atoms with Crippen LogP contribution in [0.5, 0.6) is 0 Å². The Bertz CT molecular complexity index is 645. The summed E-state index contributed by atoms with van der Waals surface area (Å²) in [5, 5.41) is 16.9. The van der Waals surface area contributed by atoms with Crippen LogP contribution in [-0.4, -0.2) is 58.1 Å². The third kappa shape index (κ3) is 3.57. The molecule has 25 heavy (non-hydrogen) atoms. The molecule has 0 aromatic carbocycles. The number of aromatic nitrogens is 2. The fraction of sp³-hybridized carbons (Fsp3) is 0.737. The summed E-state index contributed by atoms with van der Waals surface area (Å²) >= 11 is 0. The number of carbonyl (C=O) groups excluding carboxylic acids is 1. The summed E-state index contributed by atoms with van der Waals surface area (Å²) < 4.78 is 0. The van der Waals surface area contributed by atoms with Crippen molar-refractivity contribution in [3.8, 4) is 6.07 Å². The summed E-state index contributed by atoms with van der Waals surface area (Å²) in [6.45, 7) is 2.96. The van der Waals surface area contributed by atoms with E-state index in [2.05, 4.69) is 21.2 Å². The van der Waals surface area contributed by atoms with Crippen LogP contribution >= 0.6 is 0 Å². The molecule has 1 saturated heterocycles. The number of H-pyrrole nitrogens is 1. The Morgan fingerprint density at radius 1 is 1.16 bits per heavy atom. The Balaban J connectivity index is 1.33. The Hall–Kier alpha value is -1.87. The first-order valence-corrected chi connectivity index (χ1v) is 9.74. The van der Waals surface area contributed by atoms with Crippen molar-refractivity contribution < 1.29 is 4.79 Å². The minimum absolute atomic E-state index is 0.0180. The van der Waals surface area contributed by atoms with E-state index in [9.17, 15) is 10.1 Å². The van der Waals surface area contributed by atoms with Crippen molar-refractivity contribution in [2.75, 3.05) is 26.2 Å². The van der Waals surface area contributed by atoms with Gasteiger partial charge in [-0.1, -0.05) is 19.3 Å². The molecule has 4 rings (SSSR count). The number of carbonyl (C=O) groups is 1. The molecule has 1 amide bonds. The van der Waals surface area contributed by atoms with Gasteiger partial charge in [-0.05, 0) is 37.7 Å². The fourth-order valence-electron chi connectivity index (χ4n) is 4.35. The summed E-state index contributed by atoms with van der Waals surface area (Å²) in [5.41, 5.74) is 1.64. The number of piperazine rings is 1. The standard InChI is InChI=1S/C19H27N5O/c20-13-18(15-4-2-1-3-5-15)23-8-10-24(11-9-23)19(25)17-12-16(21-22-17)14-6-7-14/h12,14-15,18H,1-11H2,(H,21,22)/t18-/m0/s1. The molecule has 3 aliphatic rings. The zero-order chi connectivity index (χ0) is 17.2. The average molecular weight is 341 g/mol. The highest BCUT2D eigenvalue weighted by molar-refractivity contribution is 5.92. The predicted octanol–water partition coefficient (Wildman–Crippen LogP) is 2.52. The predicted molar refractivity (Wildman–Crippen MR) is 94.0 cm³/mol. The molecular formula is C19H27N5O. The van der Waals surface area contributed by atoms with Crippen molar-refractivity contribution in [2.24, 2.45) is 5.92 Å². The monoisotopic (exact) mass is 341 g/mol. The van der Waals surface area contributed by atoms with Gasteiger partial charge in [-0.2, -0.15) is 10.4 Å². The largest absolute Gasteiger partial charge is 0.335 e. The molecule has 2 heterocycles. The van der Waals surface area contributed by atoms with Gasteiger partial charge in [-0.15, -0.1) is 0 Å².